The quantitative estimate of drug-likeness (QED) is 0.552. The summed E-state index contributed by atoms with van der Waals surface area (Å²) in [5, 5.41) is 4.77. The Morgan fingerprint density at radius 1 is 0.800 bits per heavy atom. The van der Waals surface area contributed by atoms with Crippen molar-refractivity contribution in [2.24, 2.45) is 5.92 Å². The summed E-state index contributed by atoms with van der Waals surface area (Å²) in [6.45, 7) is 3.31. The van der Waals surface area contributed by atoms with E-state index in [0.29, 0.717) is 18.0 Å². The Morgan fingerprint density at radius 2 is 1.37 bits per heavy atom. The number of piperidine rings is 3. The van der Waals surface area contributed by atoms with Gasteiger partial charge in [-0.25, -0.2) is 0 Å². The molecule has 3 heteroatoms. The molecule has 0 saturated carbocycles. The normalized spacial score (nSPS) is 25.5. The smallest absolute Gasteiger partial charge is 0.0406 e. The van der Waals surface area contributed by atoms with Crippen LogP contribution in [-0.4, -0.2) is 30.1 Å². The third kappa shape index (κ3) is 4.05. The summed E-state index contributed by atoms with van der Waals surface area (Å²) in [4.78, 5) is 2.74. The van der Waals surface area contributed by atoms with Gasteiger partial charge in [0.05, 0.1) is 0 Å². The molecular formula is C27H29ClN2. The molecule has 6 rings (SSSR count). The molecule has 0 aliphatic carbocycles. The lowest BCUT2D eigenvalue weighted by molar-refractivity contribution is 0.00468. The zero-order valence-electron chi connectivity index (χ0n) is 17.3. The minimum Gasteiger partial charge on any atom is -0.308 e. The number of rotatable bonds is 6. The molecule has 3 fully saturated rings. The Bertz CT molecular complexity index is 894. The maximum Gasteiger partial charge on any atom is 0.0406 e. The Morgan fingerprint density at radius 3 is 1.93 bits per heavy atom. The summed E-state index contributed by atoms with van der Waals surface area (Å²) in [5.74, 6) is 1.11. The van der Waals surface area contributed by atoms with Crippen LogP contribution in [0.15, 0.2) is 84.9 Å². The lowest BCUT2D eigenvalue weighted by Crippen LogP contribution is -2.64. The molecule has 0 radical (unpaired) electrons. The maximum absolute atomic E-state index is 6.09. The van der Waals surface area contributed by atoms with Gasteiger partial charge in [0, 0.05) is 29.6 Å². The van der Waals surface area contributed by atoms with Crippen molar-refractivity contribution >= 4 is 11.6 Å². The molecule has 0 amide bonds. The van der Waals surface area contributed by atoms with Crippen LogP contribution in [0.5, 0.6) is 0 Å². The second kappa shape index (κ2) is 8.93. The molecule has 3 aliphatic rings. The number of benzene rings is 3. The monoisotopic (exact) mass is 416 g/mol. The van der Waals surface area contributed by atoms with Gasteiger partial charge in [0.15, 0.2) is 0 Å². The van der Waals surface area contributed by atoms with E-state index in [1.54, 1.807) is 0 Å². The minimum absolute atomic E-state index is 0.373. The molecule has 0 aromatic heterocycles. The highest BCUT2D eigenvalue weighted by molar-refractivity contribution is 6.30. The molecule has 0 spiro atoms. The van der Waals surface area contributed by atoms with Gasteiger partial charge >= 0.3 is 0 Å². The predicted molar refractivity (Wildman–Crippen MR) is 125 cm³/mol. The van der Waals surface area contributed by atoms with Crippen LogP contribution in [0.2, 0.25) is 5.02 Å². The molecule has 154 valence electrons. The van der Waals surface area contributed by atoms with Crippen LogP contribution in [0, 0.1) is 5.92 Å². The zero-order chi connectivity index (χ0) is 20.3. The predicted octanol–water partition coefficient (Wildman–Crippen LogP) is 5.72. The Kier molecular flexibility index (Phi) is 5.90. The fourth-order valence-corrected chi connectivity index (χ4v) is 5.66. The molecule has 2 atom stereocenters. The fraction of sp³-hybridized carbons (Fsp3) is 0.333. The maximum atomic E-state index is 6.09. The summed E-state index contributed by atoms with van der Waals surface area (Å²) in [7, 11) is 0. The van der Waals surface area contributed by atoms with E-state index in [2.05, 4.69) is 83.0 Å². The van der Waals surface area contributed by atoms with Gasteiger partial charge in [0.1, 0.15) is 0 Å². The highest BCUT2D eigenvalue weighted by Gasteiger charge is 2.46. The third-order valence-corrected chi connectivity index (χ3v) is 7.24. The van der Waals surface area contributed by atoms with Crippen molar-refractivity contribution in [3.05, 3.63) is 107 Å². The second-order valence-corrected chi connectivity index (χ2v) is 9.13. The summed E-state index contributed by atoms with van der Waals surface area (Å²) in [6, 6.07) is 31.4. The van der Waals surface area contributed by atoms with Crippen molar-refractivity contribution in [3.8, 4) is 0 Å². The van der Waals surface area contributed by atoms with Crippen LogP contribution in [0.25, 0.3) is 0 Å². The Labute approximate surface area is 184 Å². The molecule has 3 saturated heterocycles. The molecule has 3 aromatic rings. The van der Waals surface area contributed by atoms with Crippen LogP contribution in [0.4, 0.5) is 0 Å². The molecule has 2 nitrogen and oxygen atoms in total. The van der Waals surface area contributed by atoms with Gasteiger partial charge in [0.25, 0.3) is 0 Å². The number of hydrogen-bond donors (Lipinski definition) is 1. The van der Waals surface area contributed by atoms with Gasteiger partial charge in [-0.15, -0.1) is 0 Å². The van der Waals surface area contributed by atoms with Crippen molar-refractivity contribution in [1.82, 2.24) is 10.2 Å². The molecule has 3 aromatic carbocycles. The van der Waals surface area contributed by atoms with Gasteiger partial charge in [0.2, 0.25) is 0 Å². The van der Waals surface area contributed by atoms with Gasteiger partial charge in [-0.05, 0) is 60.7 Å². The molecule has 3 aliphatic heterocycles. The second-order valence-electron chi connectivity index (χ2n) is 8.70. The average Bonchev–Trinajstić information content (AvgIpc) is 2.82. The lowest BCUT2D eigenvalue weighted by atomic mass is 9.70. The van der Waals surface area contributed by atoms with Crippen LogP contribution in [0.3, 0.4) is 0 Å². The molecule has 0 unspecified atom stereocenters. The van der Waals surface area contributed by atoms with Gasteiger partial charge in [-0.1, -0.05) is 84.4 Å². The molecule has 3 heterocycles. The Balaban J connectivity index is 1.48. The van der Waals surface area contributed by atoms with E-state index in [1.807, 2.05) is 12.1 Å². The minimum atomic E-state index is 0.373. The van der Waals surface area contributed by atoms with Crippen LogP contribution >= 0.6 is 11.6 Å². The van der Waals surface area contributed by atoms with Gasteiger partial charge < -0.3 is 5.32 Å². The van der Waals surface area contributed by atoms with Gasteiger partial charge in [-0.2, -0.15) is 0 Å². The SMILES string of the molecule is Clc1ccc(CN[C@H]2C3CCN(CC3)[C@H]2C(c2ccccc2)c2ccccc2)cc1. The third-order valence-electron chi connectivity index (χ3n) is 6.99. The number of hydrogen-bond acceptors (Lipinski definition) is 2. The fourth-order valence-electron chi connectivity index (χ4n) is 5.53. The zero-order valence-corrected chi connectivity index (χ0v) is 18.0. The van der Waals surface area contributed by atoms with E-state index in [1.165, 1.54) is 42.6 Å². The largest absolute Gasteiger partial charge is 0.308 e. The summed E-state index contributed by atoms with van der Waals surface area (Å²) in [5.41, 5.74) is 4.13. The van der Waals surface area contributed by atoms with E-state index in [4.69, 9.17) is 11.6 Å². The van der Waals surface area contributed by atoms with Crippen LogP contribution in [0.1, 0.15) is 35.4 Å². The highest BCUT2D eigenvalue weighted by atomic mass is 35.5. The number of nitrogens with zero attached hydrogens (tertiary/aromatic N) is 1. The van der Waals surface area contributed by atoms with E-state index in [9.17, 15) is 0 Å². The first kappa shape index (κ1) is 19.8. The summed E-state index contributed by atoms with van der Waals surface area (Å²) >= 11 is 6.09. The van der Waals surface area contributed by atoms with Gasteiger partial charge in [-0.3, -0.25) is 4.90 Å². The standard InChI is InChI=1S/C27H29ClN2/c28-24-13-11-20(12-14-24)19-29-26-23-15-17-30(18-16-23)27(26)25(21-7-3-1-4-8-21)22-9-5-2-6-10-22/h1-14,23,25-27,29H,15-19H2/t26-,27-/m0/s1. The van der Waals surface area contributed by atoms with Crippen molar-refractivity contribution in [2.45, 2.75) is 37.4 Å². The average molecular weight is 417 g/mol. The topological polar surface area (TPSA) is 15.3 Å². The van der Waals surface area contributed by atoms with E-state index in [-0.39, 0.29) is 0 Å². The molecular weight excluding hydrogens is 388 g/mol. The highest BCUT2D eigenvalue weighted by Crippen LogP contribution is 2.42. The first-order valence-electron chi connectivity index (χ1n) is 11.1. The first-order valence-corrected chi connectivity index (χ1v) is 11.5. The molecule has 30 heavy (non-hydrogen) atoms. The summed E-state index contributed by atoms with van der Waals surface area (Å²) < 4.78 is 0. The van der Waals surface area contributed by atoms with E-state index < -0.39 is 0 Å². The van der Waals surface area contributed by atoms with Crippen LogP contribution < -0.4 is 5.32 Å². The lowest BCUT2D eigenvalue weighted by Gasteiger charge is -2.54. The van der Waals surface area contributed by atoms with E-state index in [0.717, 1.165) is 17.5 Å². The molecule has 1 N–H and O–H groups in total. The Hall–Kier alpha value is -2.13. The van der Waals surface area contributed by atoms with E-state index >= 15 is 0 Å². The molecule has 2 bridgehead atoms. The summed E-state index contributed by atoms with van der Waals surface area (Å²) in [6.07, 6.45) is 2.59. The van der Waals surface area contributed by atoms with Crippen molar-refractivity contribution < 1.29 is 0 Å². The first-order chi connectivity index (χ1) is 14.8. The van der Waals surface area contributed by atoms with Crippen molar-refractivity contribution in [2.75, 3.05) is 13.1 Å². The number of fused-ring (bicyclic) bond motifs is 3. The number of halogens is 1. The van der Waals surface area contributed by atoms with Crippen molar-refractivity contribution in [1.29, 1.82) is 0 Å². The van der Waals surface area contributed by atoms with Crippen molar-refractivity contribution in [3.63, 3.8) is 0 Å². The number of nitrogens with one attached hydrogen (secondary N) is 1. The van der Waals surface area contributed by atoms with Crippen LogP contribution in [-0.2, 0) is 6.54 Å².